The van der Waals surface area contributed by atoms with Crippen molar-refractivity contribution in [2.75, 3.05) is 0 Å². The largest absolute Gasteiger partial charge is 0.348 e. The zero-order valence-corrected chi connectivity index (χ0v) is 15.9. The van der Waals surface area contributed by atoms with Crippen molar-refractivity contribution in [1.29, 1.82) is 0 Å². The van der Waals surface area contributed by atoms with E-state index in [9.17, 15) is 4.79 Å². The molecule has 0 atom stereocenters. The fourth-order valence-corrected chi connectivity index (χ4v) is 3.04. The van der Waals surface area contributed by atoms with E-state index in [1.54, 1.807) is 6.20 Å². The molecular formula is C23H25N3O. The number of hydrogen-bond acceptors (Lipinski definition) is 2. The minimum atomic E-state index is -0.0128. The lowest BCUT2D eigenvalue weighted by Gasteiger charge is -2.12. The molecule has 0 saturated carbocycles. The lowest BCUT2D eigenvalue weighted by atomic mass is 9.98. The van der Waals surface area contributed by atoms with Crippen LogP contribution in [0.2, 0.25) is 0 Å². The first-order chi connectivity index (χ1) is 13.2. The van der Waals surface area contributed by atoms with Crippen LogP contribution in [0.15, 0.2) is 78.6 Å². The summed E-state index contributed by atoms with van der Waals surface area (Å²) in [5.74, 6) is -0.0128. The molecule has 0 aliphatic carbocycles. The fraction of sp³-hybridized carbons (Fsp3) is 0.217. The molecule has 1 aromatic heterocycles. The number of aromatic nitrogens is 2. The van der Waals surface area contributed by atoms with Gasteiger partial charge in [-0.25, -0.2) is 0 Å². The predicted molar refractivity (Wildman–Crippen MR) is 109 cm³/mol. The molecule has 4 nitrogen and oxygen atoms in total. The van der Waals surface area contributed by atoms with Crippen LogP contribution in [0.5, 0.6) is 0 Å². The van der Waals surface area contributed by atoms with E-state index >= 15 is 0 Å². The number of rotatable bonds is 7. The van der Waals surface area contributed by atoms with Crippen molar-refractivity contribution in [3.05, 3.63) is 89.8 Å². The molecule has 4 heteroatoms. The number of carbonyl (C=O) groups is 1. The highest BCUT2D eigenvalue weighted by molar-refractivity contribution is 5.92. The number of nitrogens with zero attached hydrogens (tertiary/aromatic N) is 2. The van der Waals surface area contributed by atoms with E-state index in [4.69, 9.17) is 0 Å². The Morgan fingerprint density at radius 1 is 1.11 bits per heavy atom. The standard InChI is InChI=1S/C23H25N3O/c1-3-7-18(2)23(27)24-16-21-8-4-5-9-22(21)20-12-10-19(11-13-20)17-26-15-6-14-25-26/h4-15H,3,16-17H2,1-2H3,(H,24,27)/b18-7-. The third kappa shape index (κ3) is 4.94. The van der Waals surface area contributed by atoms with E-state index < -0.39 is 0 Å². The molecule has 1 N–H and O–H groups in total. The third-order valence-electron chi connectivity index (χ3n) is 4.49. The summed E-state index contributed by atoms with van der Waals surface area (Å²) in [6.45, 7) is 5.15. The van der Waals surface area contributed by atoms with Gasteiger partial charge in [0, 0.05) is 24.5 Å². The van der Waals surface area contributed by atoms with E-state index in [1.807, 2.05) is 49.0 Å². The number of benzene rings is 2. The van der Waals surface area contributed by atoms with Gasteiger partial charge in [-0.1, -0.05) is 61.5 Å². The van der Waals surface area contributed by atoms with E-state index in [-0.39, 0.29) is 5.91 Å². The van der Waals surface area contributed by atoms with E-state index in [0.717, 1.165) is 35.2 Å². The van der Waals surface area contributed by atoms with Gasteiger partial charge in [-0.3, -0.25) is 9.48 Å². The molecule has 0 aliphatic rings. The van der Waals surface area contributed by atoms with Crippen LogP contribution in [0.3, 0.4) is 0 Å². The van der Waals surface area contributed by atoms with Crippen molar-refractivity contribution >= 4 is 5.91 Å². The minimum absolute atomic E-state index is 0.0128. The molecule has 0 saturated heterocycles. The zero-order valence-electron chi connectivity index (χ0n) is 15.9. The summed E-state index contributed by atoms with van der Waals surface area (Å²) in [4.78, 5) is 12.2. The Balaban J connectivity index is 1.73. The maximum Gasteiger partial charge on any atom is 0.246 e. The maximum atomic E-state index is 12.2. The average Bonchev–Trinajstić information content (AvgIpc) is 3.20. The van der Waals surface area contributed by atoms with Gasteiger partial charge in [0.25, 0.3) is 0 Å². The van der Waals surface area contributed by atoms with Gasteiger partial charge in [-0.05, 0) is 41.7 Å². The molecule has 3 rings (SSSR count). The molecule has 0 unspecified atom stereocenters. The smallest absolute Gasteiger partial charge is 0.246 e. The maximum absolute atomic E-state index is 12.2. The zero-order chi connectivity index (χ0) is 19.1. The second kappa shape index (κ2) is 8.99. The Bertz CT molecular complexity index is 909. The number of nitrogens with one attached hydrogen (secondary N) is 1. The van der Waals surface area contributed by atoms with Crippen molar-refractivity contribution in [1.82, 2.24) is 15.1 Å². The van der Waals surface area contributed by atoms with E-state index in [1.165, 1.54) is 5.56 Å². The Hall–Kier alpha value is -3.14. The molecule has 0 aliphatic heterocycles. The number of allylic oxidation sites excluding steroid dienone is 1. The molecule has 0 radical (unpaired) electrons. The van der Waals surface area contributed by atoms with Gasteiger partial charge in [-0.2, -0.15) is 5.10 Å². The molecular weight excluding hydrogens is 334 g/mol. The van der Waals surface area contributed by atoms with Crippen LogP contribution < -0.4 is 5.32 Å². The van der Waals surface area contributed by atoms with Crippen LogP contribution >= 0.6 is 0 Å². The first-order valence-corrected chi connectivity index (χ1v) is 9.27. The van der Waals surface area contributed by atoms with Gasteiger partial charge in [0.1, 0.15) is 0 Å². The summed E-state index contributed by atoms with van der Waals surface area (Å²) >= 11 is 0. The van der Waals surface area contributed by atoms with Gasteiger partial charge in [0.2, 0.25) is 5.91 Å². The first kappa shape index (κ1) is 18.6. The van der Waals surface area contributed by atoms with E-state index in [2.05, 4.69) is 46.8 Å². The van der Waals surface area contributed by atoms with Gasteiger partial charge < -0.3 is 5.32 Å². The van der Waals surface area contributed by atoms with Crippen molar-refractivity contribution in [2.24, 2.45) is 0 Å². The summed E-state index contributed by atoms with van der Waals surface area (Å²) < 4.78 is 1.91. The highest BCUT2D eigenvalue weighted by Crippen LogP contribution is 2.24. The second-order valence-corrected chi connectivity index (χ2v) is 6.54. The van der Waals surface area contributed by atoms with Crippen LogP contribution in [-0.4, -0.2) is 15.7 Å². The molecule has 0 spiro atoms. The Kier molecular flexibility index (Phi) is 6.21. The molecule has 1 heterocycles. The first-order valence-electron chi connectivity index (χ1n) is 9.27. The Morgan fingerprint density at radius 2 is 1.89 bits per heavy atom. The molecule has 27 heavy (non-hydrogen) atoms. The molecule has 3 aromatic rings. The molecule has 0 bridgehead atoms. The SMILES string of the molecule is CC/C=C(/C)C(=O)NCc1ccccc1-c1ccc(Cn2cccn2)cc1. The highest BCUT2D eigenvalue weighted by Gasteiger charge is 2.08. The predicted octanol–water partition coefficient (Wildman–Crippen LogP) is 4.57. The van der Waals surface area contributed by atoms with Crippen molar-refractivity contribution in [3.63, 3.8) is 0 Å². The van der Waals surface area contributed by atoms with Gasteiger partial charge >= 0.3 is 0 Å². The summed E-state index contributed by atoms with van der Waals surface area (Å²) in [6.07, 6.45) is 6.55. The quantitative estimate of drug-likeness (QED) is 0.628. The monoisotopic (exact) mass is 359 g/mol. The highest BCUT2D eigenvalue weighted by atomic mass is 16.1. The summed E-state index contributed by atoms with van der Waals surface area (Å²) in [7, 11) is 0. The third-order valence-corrected chi connectivity index (χ3v) is 4.49. The van der Waals surface area contributed by atoms with E-state index in [0.29, 0.717) is 6.54 Å². The minimum Gasteiger partial charge on any atom is -0.348 e. The second-order valence-electron chi connectivity index (χ2n) is 6.54. The van der Waals surface area contributed by atoms with Crippen LogP contribution in [0.4, 0.5) is 0 Å². The fourth-order valence-electron chi connectivity index (χ4n) is 3.04. The van der Waals surface area contributed by atoms with Crippen molar-refractivity contribution in [2.45, 2.75) is 33.4 Å². The van der Waals surface area contributed by atoms with Gasteiger partial charge in [0.05, 0.1) is 6.54 Å². The van der Waals surface area contributed by atoms with Crippen LogP contribution in [0, 0.1) is 0 Å². The van der Waals surface area contributed by atoms with Gasteiger partial charge in [0.15, 0.2) is 0 Å². The Morgan fingerprint density at radius 3 is 2.59 bits per heavy atom. The molecule has 1 amide bonds. The lowest BCUT2D eigenvalue weighted by molar-refractivity contribution is -0.117. The number of amides is 1. The van der Waals surface area contributed by atoms with Crippen molar-refractivity contribution in [3.8, 4) is 11.1 Å². The van der Waals surface area contributed by atoms with Crippen molar-refractivity contribution < 1.29 is 4.79 Å². The van der Waals surface area contributed by atoms with Gasteiger partial charge in [-0.15, -0.1) is 0 Å². The molecule has 0 fully saturated rings. The topological polar surface area (TPSA) is 46.9 Å². The van der Waals surface area contributed by atoms with Crippen LogP contribution in [0.25, 0.3) is 11.1 Å². The number of carbonyl (C=O) groups excluding carboxylic acids is 1. The normalized spacial score (nSPS) is 11.4. The lowest BCUT2D eigenvalue weighted by Crippen LogP contribution is -2.23. The number of hydrogen-bond donors (Lipinski definition) is 1. The average molecular weight is 359 g/mol. The molecule has 2 aromatic carbocycles. The summed E-state index contributed by atoms with van der Waals surface area (Å²) in [5, 5.41) is 7.26. The van der Waals surface area contributed by atoms with Crippen LogP contribution in [0.1, 0.15) is 31.4 Å². The van der Waals surface area contributed by atoms with Crippen LogP contribution in [-0.2, 0) is 17.9 Å². The summed E-state index contributed by atoms with van der Waals surface area (Å²) in [5.41, 5.74) is 5.35. The Labute approximate surface area is 160 Å². The summed E-state index contributed by atoms with van der Waals surface area (Å²) in [6, 6.07) is 18.6. The molecule has 138 valence electrons.